The predicted octanol–water partition coefficient (Wildman–Crippen LogP) is 2.06. The van der Waals surface area contributed by atoms with E-state index < -0.39 is 23.9 Å². The molecule has 7 heteroatoms. The largest absolute Gasteiger partial charge is 0.463 e. The number of carbonyl (C=O) groups excluding carboxylic acids is 2. The molecule has 1 aliphatic rings. The van der Waals surface area contributed by atoms with Gasteiger partial charge in [0.2, 0.25) is 0 Å². The van der Waals surface area contributed by atoms with Crippen LogP contribution in [0.3, 0.4) is 0 Å². The molecule has 1 heterocycles. The molecule has 2 amide bonds. The van der Waals surface area contributed by atoms with Gasteiger partial charge in [0.15, 0.2) is 0 Å². The number of ether oxygens (including phenoxy) is 1. The third-order valence-electron chi connectivity index (χ3n) is 3.45. The molecule has 0 saturated carbocycles. The van der Waals surface area contributed by atoms with Gasteiger partial charge in [0, 0.05) is 0 Å². The second kappa shape index (κ2) is 7.13. The molecule has 3 N–H and O–H groups in total. The maximum absolute atomic E-state index is 13.9. The van der Waals surface area contributed by atoms with Gasteiger partial charge in [-0.05, 0) is 38.5 Å². The van der Waals surface area contributed by atoms with Gasteiger partial charge < -0.3 is 20.7 Å². The van der Waals surface area contributed by atoms with Crippen LogP contribution in [0.4, 0.5) is 14.9 Å². The number of esters is 1. The first-order valence-electron chi connectivity index (χ1n) is 7.40. The van der Waals surface area contributed by atoms with Crippen molar-refractivity contribution in [3.05, 3.63) is 40.8 Å². The van der Waals surface area contributed by atoms with E-state index in [0.29, 0.717) is 17.0 Å². The Bertz CT molecular complexity index is 658. The number of benzene rings is 1. The highest BCUT2D eigenvalue weighted by molar-refractivity contribution is 5.94. The van der Waals surface area contributed by atoms with E-state index in [-0.39, 0.29) is 13.2 Å². The minimum atomic E-state index is -0.506. The van der Waals surface area contributed by atoms with Gasteiger partial charge in [0.25, 0.3) is 0 Å². The summed E-state index contributed by atoms with van der Waals surface area (Å²) in [4.78, 5) is 23.7. The van der Waals surface area contributed by atoms with Gasteiger partial charge in [-0.25, -0.2) is 14.0 Å². The van der Waals surface area contributed by atoms with Gasteiger partial charge >= 0.3 is 12.0 Å². The average molecular weight is 321 g/mol. The van der Waals surface area contributed by atoms with Crippen LogP contribution in [0.5, 0.6) is 0 Å². The summed E-state index contributed by atoms with van der Waals surface area (Å²) in [5.74, 6) is -0.898. The van der Waals surface area contributed by atoms with Crippen LogP contribution in [0.25, 0.3) is 0 Å². The zero-order valence-corrected chi connectivity index (χ0v) is 13.3. The van der Waals surface area contributed by atoms with Crippen molar-refractivity contribution in [2.45, 2.75) is 26.8 Å². The van der Waals surface area contributed by atoms with Crippen LogP contribution in [-0.2, 0) is 9.53 Å². The van der Waals surface area contributed by atoms with E-state index in [9.17, 15) is 14.0 Å². The third kappa shape index (κ3) is 4.00. The molecule has 0 radical (unpaired) electrons. The Kier molecular flexibility index (Phi) is 5.20. The average Bonchev–Trinajstić information content (AvgIpc) is 2.45. The highest BCUT2D eigenvalue weighted by Gasteiger charge is 2.29. The van der Waals surface area contributed by atoms with Crippen molar-refractivity contribution in [2.75, 3.05) is 18.5 Å². The number of amides is 2. The van der Waals surface area contributed by atoms with Gasteiger partial charge in [-0.2, -0.15) is 0 Å². The lowest BCUT2D eigenvalue weighted by Crippen LogP contribution is -2.50. The molecular weight excluding hydrogens is 301 g/mol. The van der Waals surface area contributed by atoms with E-state index in [4.69, 9.17) is 4.74 Å². The van der Waals surface area contributed by atoms with Crippen LogP contribution in [0, 0.1) is 12.7 Å². The molecule has 0 aromatic heterocycles. The van der Waals surface area contributed by atoms with E-state index >= 15 is 0 Å². The lowest BCUT2D eigenvalue weighted by atomic mass is 10.0. The Morgan fingerprint density at radius 3 is 2.83 bits per heavy atom. The quantitative estimate of drug-likeness (QED) is 0.725. The van der Waals surface area contributed by atoms with Crippen LogP contribution in [0.15, 0.2) is 29.5 Å². The van der Waals surface area contributed by atoms with Crippen molar-refractivity contribution in [3.8, 4) is 0 Å². The number of aryl methyl sites for hydroxylation is 1. The Morgan fingerprint density at radius 1 is 1.43 bits per heavy atom. The summed E-state index contributed by atoms with van der Waals surface area (Å²) in [5, 5.41) is 8.08. The number of rotatable bonds is 5. The Morgan fingerprint density at radius 2 is 2.17 bits per heavy atom. The first kappa shape index (κ1) is 16.8. The molecule has 0 saturated heterocycles. The summed E-state index contributed by atoms with van der Waals surface area (Å²) in [7, 11) is 0. The molecule has 1 unspecified atom stereocenters. The summed E-state index contributed by atoms with van der Waals surface area (Å²) in [6, 6.07) is 3.90. The van der Waals surface area contributed by atoms with E-state index in [1.165, 1.54) is 6.07 Å². The molecule has 0 spiro atoms. The number of urea groups is 1. The lowest BCUT2D eigenvalue weighted by Gasteiger charge is -2.27. The zero-order valence-electron chi connectivity index (χ0n) is 13.3. The third-order valence-corrected chi connectivity index (χ3v) is 3.45. The van der Waals surface area contributed by atoms with E-state index in [1.54, 1.807) is 32.9 Å². The number of hydrogen-bond acceptors (Lipinski definition) is 4. The normalized spacial score (nSPS) is 17.4. The molecule has 0 bridgehead atoms. The molecule has 0 aliphatic carbocycles. The van der Waals surface area contributed by atoms with Gasteiger partial charge in [0.05, 0.1) is 36.2 Å². The minimum absolute atomic E-state index is 0.103. The number of anilines is 1. The molecule has 2 rings (SSSR count). The predicted molar refractivity (Wildman–Crippen MR) is 84.4 cm³/mol. The van der Waals surface area contributed by atoms with E-state index in [1.807, 2.05) is 0 Å². The maximum atomic E-state index is 13.9. The summed E-state index contributed by atoms with van der Waals surface area (Å²) in [6.07, 6.45) is 0. The Balaban J connectivity index is 2.23. The molecule has 1 aromatic rings. The van der Waals surface area contributed by atoms with Crippen molar-refractivity contribution in [1.29, 1.82) is 0 Å². The summed E-state index contributed by atoms with van der Waals surface area (Å²) in [5.41, 5.74) is 1.81. The Hall–Kier alpha value is -2.57. The SMILES string of the molecule is CCOC(=O)C1=C(CNc2ccc(C)cc2F)NC(=O)NC1C. The molecule has 6 nitrogen and oxygen atoms in total. The van der Waals surface area contributed by atoms with Crippen LogP contribution < -0.4 is 16.0 Å². The molecular formula is C16H20FN3O3. The molecule has 1 atom stereocenters. The van der Waals surface area contributed by atoms with E-state index in [0.717, 1.165) is 5.56 Å². The first-order chi connectivity index (χ1) is 10.9. The van der Waals surface area contributed by atoms with Gasteiger partial charge in [-0.1, -0.05) is 6.07 Å². The summed E-state index contributed by atoms with van der Waals surface area (Å²) < 4.78 is 18.9. The van der Waals surface area contributed by atoms with Gasteiger partial charge in [-0.15, -0.1) is 0 Å². The van der Waals surface area contributed by atoms with Crippen LogP contribution in [0.2, 0.25) is 0 Å². The number of hydrogen-bond donors (Lipinski definition) is 3. The maximum Gasteiger partial charge on any atom is 0.337 e. The van der Waals surface area contributed by atoms with Crippen molar-refractivity contribution in [3.63, 3.8) is 0 Å². The van der Waals surface area contributed by atoms with Crippen LogP contribution >= 0.6 is 0 Å². The summed E-state index contributed by atoms with van der Waals surface area (Å²) in [6.45, 7) is 5.53. The second-order valence-electron chi connectivity index (χ2n) is 5.27. The van der Waals surface area contributed by atoms with Crippen LogP contribution in [0.1, 0.15) is 19.4 Å². The number of nitrogens with one attached hydrogen (secondary N) is 3. The Labute approximate surface area is 134 Å². The zero-order chi connectivity index (χ0) is 17.0. The standard InChI is InChI=1S/C16H20FN3O3/c1-4-23-15(21)14-10(3)19-16(22)20-13(14)8-18-12-6-5-9(2)7-11(12)17/h5-7,10,18H,4,8H2,1-3H3,(H2,19,20,22). The molecule has 124 valence electrons. The van der Waals surface area contributed by atoms with Crippen molar-refractivity contribution >= 4 is 17.7 Å². The highest BCUT2D eigenvalue weighted by atomic mass is 19.1. The summed E-state index contributed by atoms with van der Waals surface area (Å²) >= 11 is 0. The first-order valence-corrected chi connectivity index (χ1v) is 7.40. The fraction of sp³-hybridized carbons (Fsp3) is 0.375. The minimum Gasteiger partial charge on any atom is -0.463 e. The van der Waals surface area contributed by atoms with Crippen molar-refractivity contribution < 1.29 is 18.7 Å². The van der Waals surface area contributed by atoms with Crippen LogP contribution in [-0.4, -0.2) is 31.2 Å². The van der Waals surface area contributed by atoms with Crippen molar-refractivity contribution in [1.82, 2.24) is 10.6 Å². The molecule has 1 aromatic carbocycles. The van der Waals surface area contributed by atoms with Gasteiger partial charge in [-0.3, -0.25) is 0 Å². The van der Waals surface area contributed by atoms with E-state index in [2.05, 4.69) is 16.0 Å². The van der Waals surface area contributed by atoms with Gasteiger partial charge in [0.1, 0.15) is 5.82 Å². The smallest absolute Gasteiger partial charge is 0.337 e. The number of carbonyl (C=O) groups is 2. The fourth-order valence-corrected chi connectivity index (χ4v) is 2.37. The monoisotopic (exact) mass is 321 g/mol. The fourth-order valence-electron chi connectivity index (χ4n) is 2.37. The second-order valence-corrected chi connectivity index (χ2v) is 5.27. The molecule has 0 fully saturated rings. The molecule has 23 heavy (non-hydrogen) atoms. The highest BCUT2D eigenvalue weighted by Crippen LogP contribution is 2.18. The lowest BCUT2D eigenvalue weighted by molar-refractivity contribution is -0.138. The molecule has 1 aliphatic heterocycles. The number of halogens is 1. The topological polar surface area (TPSA) is 79.5 Å². The van der Waals surface area contributed by atoms with Crippen molar-refractivity contribution in [2.24, 2.45) is 0 Å².